The fourth-order valence-corrected chi connectivity index (χ4v) is 1.95. The lowest BCUT2D eigenvalue weighted by atomic mass is 10.1. The number of nitrogens with one attached hydrogen (secondary N) is 1. The van der Waals surface area contributed by atoms with E-state index in [-0.39, 0.29) is 5.82 Å². The molecule has 0 heterocycles. The van der Waals surface area contributed by atoms with Crippen LogP contribution in [0.4, 0.5) is 15.8 Å². The maximum atomic E-state index is 13.2. The molecule has 2 nitrogen and oxygen atoms in total. The predicted octanol–water partition coefficient (Wildman–Crippen LogP) is 4.51. The Morgan fingerprint density at radius 2 is 1.94 bits per heavy atom. The molecule has 0 radical (unpaired) electrons. The molecule has 0 saturated carbocycles. The normalized spacial score (nSPS) is 9.89. The average Bonchev–Trinajstić information content (AvgIpc) is 2.34. The van der Waals surface area contributed by atoms with Gasteiger partial charge in [0, 0.05) is 10.2 Å². The molecule has 0 saturated heterocycles. The van der Waals surface area contributed by atoms with E-state index in [2.05, 4.69) is 27.3 Å². The van der Waals surface area contributed by atoms with Crippen molar-refractivity contribution in [2.24, 2.45) is 0 Å². The zero-order chi connectivity index (χ0) is 13.1. The second kappa shape index (κ2) is 5.19. The number of hydrogen-bond acceptors (Lipinski definition) is 2. The molecular formula is C14H10BrFN2. The molecule has 2 aromatic rings. The van der Waals surface area contributed by atoms with E-state index in [0.29, 0.717) is 16.9 Å². The molecule has 0 unspecified atom stereocenters. The highest BCUT2D eigenvalue weighted by Crippen LogP contribution is 2.26. The molecule has 1 N–H and O–H groups in total. The van der Waals surface area contributed by atoms with E-state index in [0.717, 1.165) is 10.0 Å². The molecule has 2 rings (SSSR count). The second-order valence-corrected chi connectivity index (χ2v) is 4.80. The van der Waals surface area contributed by atoms with Crippen molar-refractivity contribution in [3.05, 3.63) is 57.8 Å². The fraction of sp³-hybridized carbons (Fsp3) is 0.0714. The Hall–Kier alpha value is -1.86. The number of anilines is 2. The Morgan fingerprint density at radius 1 is 1.17 bits per heavy atom. The SMILES string of the molecule is Cc1ccc(F)cc1Nc1cc(Br)ccc1C#N. The van der Waals surface area contributed by atoms with Gasteiger partial charge in [-0.1, -0.05) is 22.0 Å². The van der Waals surface area contributed by atoms with Crippen LogP contribution in [0.2, 0.25) is 0 Å². The molecule has 0 aliphatic carbocycles. The van der Waals surface area contributed by atoms with Gasteiger partial charge in [0.2, 0.25) is 0 Å². The van der Waals surface area contributed by atoms with Crippen LogP contribution in [-0.4, -0.2) is 0 Å². The first-order valence-corrected chi connectivity index (χ1v) is 6.12. The maximum Gasteiger partial charge on any atom is 0.125 e. The summed E-state index contributed by atoms with van der Waals surface area (Å²) in [5, 5.41) is 12.1. The number of nitrogens with zero attached hydrogens (tertiary/aromatic N) is 1. The van der Waals surface area contributed by atoms with Gasteiger partial charge in [0.15, 0.2) is 0 Å². The third kappa shape index (κ3) is 2.69. The number of halogens is 2. The molecule has 0 aliphatic heterocycles. The predicted molar refractivity (Wildman–Crippen MR) is 73.3 cm³/mol. The van der Waals surface area contributed by atoms with E-state index in [1.807, 2.05) is 6.92 Å². The van der Waals surface area contributed by atoms with Crippen molar-refractivity contribution in [3.8, 4) is 6.07 Å². The van der Waals surface area contributed by atoms with Gasteiger partial charge in [-0.25, -0.2) is 4.39 Å². The van der Waals surface area contributed by atoms with Crippen LogP contribution in [0.1, 0.15) is 11.1 Å². The first-order chi connectivity index (χ1) is 8.60. The lowest BCUT2D eigenvalue weighted by molar-refractivity contribution is 0.628. The Balaban J connectivity index is 2.43. The molecular weight excluding hydrogens is 295 g/mol. The molecule has 0 atom stereocenters. The van der Waals surface area contributed by atoms with E-state index in [1.54, 1.807) is 24.3 Å². The molecule has 18 heavy (non-hydrogen) atoms. The van der Waals surface area contributed by atoms with Crippen LogP contribution in [0.3, 0.4) is 0 Å². The summed E-state index contributed by atoms with van der Waals surface area (Å²) in [4.78, 5) is 0. The minimum atomic E-state index is -0.309. The van der Waals surface area contributed by atoms with Crippen LogP contribution < -0.4 is 5.32 Å². The Labute approximate surface area is 113 Å². The average molecular weight is 305 g/mol. The van der Waals surface area contributed by atoms with Gasteiger partial charge in [0.05, 0.1) is 11.3 Å². The van der Waals surface area contributed by atoms with Gasteiger partial charge in [0.1, 0.15) is 11.9 Å². The number of aryl methyl sites for hydroxylation is 1. The third-order valence-electron chi connectivity index (χ3n) is 2.57. The van der Waals surface area contributed by atoms with Gasteiger partial charge in [-0.15, -0.1) is 0 Å². The van der Waals surface area contributed by atoms with Crippen LogP contribution in [0.5, 0.6) is 0 Å². The zero-order valence-corrected chi connectivity index (χ0v) is 11.3. The summed E-state index contributed by atoms with van der Waals surface area (Å²) < 4.78 is 14.1. The summed E-state index contributed by atoms with van der Waals surface area (Å²) in [5.41, 5.74) is 2.74. The van der Waals surface area contributed by atoms with E-state index in [1.165, 1.54) is 12.1 Å². The summed E-state index contributed by atoms with van der Waals surface area (Å²) in [6, 6.07) is 11.9. The number of nitriles is 1. The minimum absolute atomic E-state index is 0.309. The fourth-order valence-electron chi connectivity index (χ4n) is 1.59. The molecule has 0 bridgehead atoms. The van der Waals surface area contributed by atoms with Gasteiger partial charge in [-0.05, 0) is 42.8 Å². The van der Waals surface area contributed by atoms with Crippen molar-refractivity contribution in [2.45, 2.75) is 6.92 Å². The number of hydrogen-bond donors (Lipinski definition) is 1. The first kappa shape index (κ1) is 12.6. The van der Waals surface area contributed by atoms with Gasteiger partial charge in [0.25, 0.3) is 0 Å². The quantitative estimate of drug-likeness (QED) is 0.886. The van der Waals surface area contributed by atoms with E-state index in [9.17, 15) is 4.39 Å². The van der Waals surface area contributed by atoms with Crippen molar-refractivity contribution < 1.29 is 4.39 Å². The Kier molecular flexibility index (Phi) is 3.63. The van der Waals surface area contributed by atoms with Crippen molar-refractivity contribution >= 4 is 27.3 Å². The monoisotopic (exact) mass is 304 g/mol. The van der Waals surface area contributed by atoms with Gasteiger partial charge < -0.3 is 5.32 Å². The zero-order valence-electron chi connectivity index (χ0n) is 9.67. The van der Waals surface area contributed by atoms with Crippen LogP contribution in [0.15, 0.2) is 40.9 Å². The Morgan fingerprint density at radius 3 is 2.67 bits per heavy atom. The summed E-state index contributed by atoms with van der Waals surface area (Å²) >= 11 is 3.35. The maximum absolute atomic E-state index is 13.2. The van der Waals surface area contributed by atoms with Crippen LogP contribution in [0.25, 0.3) is 0 Å². The van der Waals surface area contributed by atoms with Crippen LogP contribution in [0, 0.1) is 24.1 Å². The summed E-state index contributed by atoms with van der Waals surface area (Å²) in [7, 11) is 0. The second-order valence-electron chi connectivity index (χ2n) is 3.89. The topological polar surface area (TPSA) is 35.8 Å². The lowest BCUT2D eigenvalue weighted by Crippen LogP contribution is -1.96. The molecule has 0 spiro atoms. The van der Waals surface area contributed by atoms with E-state index < -0.39 is 0 Å². The van der Waals surface area contributed by atoms with Crippen molar-refractivity contribution in [2.75, 3.05) is 5.32 Å². The van der Waals surface area contributed by atoms with Crippen molar-refractivity contribution in [1.29, 1.82) is 5.26 Å². The Bertz CT molecular complexity index is 632. The molecule has 0 aliphatic rings. The molecule has 0 amide bonds. The molecule has 90 valence electrons. The standard InChI is InChI=1S/C14H10BrFN2/c1-9-2-5-12(16)7-13(9)18-14-6-11(15)4-3-10(14)8-17/h2-7,18H,1H3. The van der Waals surface area contributed by atoms with Crippen molar-refractivity contribution in [1.82, 2.24) is 0 Å². The summed E-state index contributed by atoms with van der Waals surface area (Å²) in [6.45, 7) is 1.88. The van der Waals surface area contributed by atoms with Gasteiger partial charge in [-0.3, -0.25) is 0 Å². The smallest absolute Gasteiger partial charge is 0.125 e. The third-order valence-corrected chi connectivity index (χ3v) is 3.06. The highest BCUT2D eigenvalue weighted by Gasteiger charge is 2.06. The summed E-state index contributed by atoms with van der Waals surface area (Å²) in [6.07, 6.45) is 0. The minimum Gasteiger partial charge on any atom is -0.354 e. The van der Waals surface area contributed by atoms with Crippen molar-refractivity contribution in [3.63, 3.8) is 0 Å². The van der Waals surface area contributed by atoms with E-state index >= 15 is 0 Å². The molecule has 0 aromatic heterocycles. The lowest BCUT2D eigenvalue weighted by Gasteiger charge is -2.11. The largest absolute Gasteiger partial charge is 0.354 e. The van der Waals surface area contributed by atoms with Crippen LogP contribution >= 0.6 is 15.9 Å². The summed E-state index contributed by atoms with van der Waals surface area (Å²) in [5.74, 6) is -0.309. The number of rotatable bonds is 2. The highest BCUT2D eigenvalue weighted by molar-refractivity contribution is 9.10. The van der Waals surface area contributed by atoms with Crippen LogP contribution in [-0.2, 0) is 0 Å². The van der Waals surface area contributed by atoms with E-state index in [4.69, 9.17) is 5.26 Å². The molecule has 4 heteroatoms. The van der Waals surface area contributed by atoms with Gasteiger partial charge >= 0.3 is 0 Å². The number of benzene rings is 2. The molecule has 0 fully saturated rings. The highest BCUT2D eigenvalue weighted by atomic mass is 79.9. The molecule has 2 aromatic carbocycles. The van der Waals surface area contributed by atoms with Gasteiger partial charge in [-0.2, -0.15) is 5.26 Å². The first-order valence-electron chi connectivity index (χ1n) is 5.33.